The van der Waals surface area contributed by atoms with E-state index in [4.69, 9.17) is 5.73 Å². The van der Waals surface area contributed by atoms with Crippen LogP contribution in [0.5, 0.6) is 0 Å². The highest BCUT2D eigenvalue weighted by atomic mass is 32.2. The van der Waals surface area contributed by atoms with Crippen LogP contribution in [0.3, 0.4) is 0 Å². The minimum absolute atomic E-state index is 0.184. The van der Waals surface area contributed by atoms with E-state index >= 15 is 0 Å². The molecule has 0 bridgehead atoms. The van der Waals surface area contributed by atoms with Gasteiger partial charge in [-0.25, -0.2) is 0 Å². The second-order valence-electron chi connectivity index (χ2n) is 6.20. The molecule has 18 heavy (non-hydrogen) atoms. The number of carbonyl (C=O) groups excluding carboxylic acids is 1. The molecule has 1 aliphatic rings. The molecule has 0 aliphatic heterocycles. The Morgan fingerprint density at radius 1 is 1.33 bits per heavy atom. The number of hydrogen-bond acceptors (Lipinski definition) is 3. The zero-order valence-electron chi connectivity index (χ0n) is 12.3. The zero-order valence-corrected chi connectivity index (χ0v) is 13.1. The second kappa shape index (κ2) is 6.29. The number of nitrogens with two attached hydrogens (primary N) is 1. The van der Waals surface area contributed by atoms with Crippen molar-refractivity contribution in [2.45, 2.75) is 76.0 Å². The third kappa shape index (κ3) is 3.89. The fourth-order valence-electron chi connectivity index (χ4n) is 2.56. The molecule has 3 unspecified atom stereocenters. The van der Waals surface area contributed by atoms with E-state index in [0.717, 1.165) is 19.3 Å². The van der Waals surface area contributed by atoms with E-state index in [-0.39, 0.29) is 5.91 Å². The topological polar surface area (TPSA) is 55.1 Å². The van der Waals surface area contributed by atoms with E-state index in [1.54, 1.807) is 0 Å². The Morgan fingerprint density at radius 2 is 1.94 bits per heavy atom. The first kappa shape index (κ1) is 15.8. The highest BCUT2D eigenvalue weighted by Crippen LogP contribution is 2.40. The zero-order chi connectivity index (χ0) is 13.9. The number of primary amides is 1. The molecule has 0 radical (unpaired) electrons. The van der Waals surface area contributed by atoms with E-state index in [1.807, 2.05) is 11.8 Å². The van der Waals surface area contributed by atoms with Crippen LogP contribution in [0.2, 0.25) is 0 Å². The fraction of sp³-hybridized carbons (Fsp3) is 0.929. The summed E-state index contributed by atoms with van der Waals surface area (Å²) in [4.78, 5) is 11.8. The van der Waals surface area contributed by atoms with Crippen LogP contribution in [-0.4, -0.2) is 28.0 Å². The van der Waals surface area contributed by atoms with E-state index < -0.39 is 5.54 Å². The molecular weight excluding hydrogens is 244 g/mol. The van der Waals surface area contributed by atoms with Gasteiger partial charge < -0.3 is 11.1 Å². The summed E-state index contributed by atoms with van der Waals surface area (Å²) in [5, 5.41) is 4.59. The van der Waals surface area contributed by atoms with Crippen LogP contribution < -0.4 is 11.1 Å². The van der Waals surface area contributed by atoms with Crippen LogP contribution in [0.25, 0.3) is 0 Å². The van der Waals surface area contributed by atoms with E-state index in [0.29, 0.717) is 22.5 Å². The van der Waals surface area contributed by atoms with Gasteiger partial charge in [-0.15, -0.1) is 0 Å². The molecule has 1 amide bonds. The molecule has 4 heteroatoms. The quantitative estimate of drug-likeness (QED) is 0.781. The highest BCUT2D eigenvalue weighted by Gasteiger charge is 2.44. The Kier molecular flexibility index (Phi) is 5.53. The van der Waals surface area contributed by atoms with Gasteiger partial charge in [-0.2, -0.15) is 11.8 Å². The lowest BCUT2D eigenvalue weighted by Crippen LogP contribution is -2.56. The molecule has 0 spiro atoms. The van der Waals surface area contributed by atoms with Gasteiger partial charge in [-0.05, 0) is 39.0 Å². The fourth-order valence-corrected chi connectivity index (χ4v) is 4.11. The van der Waals surface area contributed by atoms with Crippen LogP contribution >= 0.6 is 11.8 Å². The van der Waals surface area contributed by atoms with Crippen molar-refractivity contribution in [1.82, 2.24) is 5.32 Å². The number of amides is 1. The standard InChI is InChI=1S/C14H28N2OS/c1-9(2)11(5)18-12-6-7-14(8-12,13(15)17)16-10(3)4/h9-12,16H,6-8H2,1-5H3,(H2,15,17). The predicted octanol–water partition coefficient (Wildman–Crippen LogP) is 2.54. The largest absolute Gasteiger partial charge is 0.368 e. The Labute approximate surface area is 116 Å². The Morgan fingerprint density at radius 3 is 2.39 bits per heavy atom. The first-order valence-electron chi connectivity index (χ1n) is 7.00. The summed E-state index contributed by atoms with van der Waals surface area (Å²) < 4.78 is 0. The van der Waals surface area contributed by atoms with Crippen molar-refractivity contribution in [3.05, 3.63) is 0 Å². The summed E-state index contributed by atoms with van der Waals surface area (Å²) in [5.41, 5.74) is 5.15. The molecule has 3 atom stereocenters. The summed E-state index contributed by atoms with van der Waals surface area (Å²) in [7, 11) is 0. The molecule has 106 valence electrons. The molecule has 0 saturated heterocycles. The lowest BCUT2D eigenvalue weighted by atomic mass is 9.96. The first-order chi connectivity index (χ1) is 8.27. The summed E-state index contributed by atoms with van der Waals surface area (Å²) in [6, 6.07) is 0.295. The monoisotopic (exact) mass is 272 g/mol. The molecule has 0 aromatic heterocycles. The molecular formula is C14H28N2OS. The van der Waals surface area contributed by atoms with Crippen molar-refractivity contribution >= 4 is 17.7 Å². The van der Waals surface area contributed by atoms with Gasteiger partial charge in [0.25, 0.3) is 0 Å². The third-order valence-corrected chi connectivity index (χ3v) is 5.61. The number of nitrogens with one attached hydrogen (secondary N) is 1. The van der Waals surface area contributed by atoms with Gasteiger partial charge in [0.1, 0.15) is 0 Å². The van der Waals surface area contributed by atoms with Crippen LogP contribution in [0.15, 0.2) is 0 Å². The molecule has 1 rings (SSSR count). The lowest BCUT2D eigenvalue weighted by Gasteiger charge is -2.30. The minimum Gasteiger partial charge on any atom is -0.368 e. The summed E-state index contributed by atoms with van der Waals surface area (Å²) in [5.74, 6) is 0.494. The van der Waals surface area contributed by atoms with Crippen LogP contribution in [-0.2, 0) is 4.79 Å². The van der Waals surface area contributed by atoms with Gasteiger partial charge in [-0.1, -0.05) is 20.8 Å². The van der Waals surface area contributed by atoms with Gasteiger partial charge in [0.05, 0.1) is 5.54 Å². The molecule has 3 N–H and O–H groups in total. The van der Waals surface area contributed by atoms with Crippen LogP contribution in [0.1, 0.15) is 53.9 Å². The highest BCUT2D eigenvalue weighted by molar-refractivity contribution is 8.00. The summed E-state index contributed by atoms with van der Waals surface area (Å²) in [6.07, 6.45) is 2.84. The van der Waals surface area contributed by atoms with Gasteiger partial charge in [-0.3, -0.25) is 4.79 Å². The average Bonchev–Trinajstić information content (AvgIpc) is 2.61. The lowest BCUT2D eigenvalue weighted by molar-refractivity contribution is -0.124. The van der Waals surface area contributed by atoms with Gasteiger partial charge in [0.2, 0.25) is 5.91 Å². The van der Waals surface area contributed by atoms with E-state index in [1.165, 1.54) is 0 Å². The maximum absolute atomic E-state index is 11.8. The molecule has 0 aromatic rings. The Bertz CT molecular complexity index is 294. The van der Waals surface area contributed by atoms with Gasteiger partial charge in [0, 0.05) is 16.5 Å². The van der Waals surface area contributed by atoms with Gasteiger partial charge >= 0.3 is 0 Å². The van der Waals surface area contributed by atoms with E-state index in [2.05, 4.69) is 39.9 Å². The molecule has 1 fully saturated rings. The first-order valence-corrected chi connectivity index (χ1v) is 7.94. The summed E-state index contributed by atoms with van der Waals surface area (Å²) in [6.45, 7) is 10.9. The van der Waals surface area contributed by atoms with Crippen molar-refractivity contribution in [2.24, 2.45) is 11.7 Å². The average molecular weight is 272 g/mol. The maximum atomic E-state index is 11.8. The predicted molar refractivity (Wildman–Crippen MR) is 79.7 cm³/mol. The normalized spacial score (nSPS) is 30.1. The Hall–Kier alpha value is -0.220. The number of rotatable bonds is 6. The third-order valence-electron chi connectivity index (χ3n) is 3.85. The molecule has 1 saturated carbocycles. The van der Waals surface area contributed by atoms with Crippen molar-refractivity contribution in [1.29, 1.82) is 0 Å². The SMILES string of the molecule is CC(C)NC1(C(N)=O)CCC(SC(C)C(C)C)C1. The summed E-state index contributed by atoms with van der Waals surface area (Å²) >= 11 is 2.01. The number of thioether (sulfide) groups is 1. The molecule has 0 aromatic carbocycles. The number of hydrogen-bond donors (Lipinski definition) is 2. The molecule has 1 aliphatic carbocycles. The molecule has 0 heterocycles. The number of carbonyl (C=O) groups is 1. The van der Waals surface area contributed by atoms with Gasteiger partial charge in [0.15, 0.2) is 0 Å². The smallest absolute Gasteiger partial charge is 0.237 e. The minimum atomic E-state index is -0.470. The van der Waals surface area contributed by atoms with Crippen LogP contribution in [0.4, 0.5) is 0 Å². The van der Waals surface area contributed by atoms with Crippen molar-refractivity contribution in [3.8, 4) is 0 Å². The van der Waals surface area contributed by atoms with Crippen molar-refractivity contribution < 1.29 is 4.79 Å². The maximum Gasteiger partial charge on any atom is 0.237 e. The van der Waals surface area contributed by atoms with E-state index in [9.17, 15) is 4.79 Å². The van der Waals surface area contributed by atoms with Crippen molar-refractivity contribution in [3.63, 3.8) is 0 Å². The Balaban J connectivity index is 2.63. The second-order valence-corrected chi connectivity index (χ2v) is 7.88. The molecule has 3 nitrogen and oxygen atoms in total. The van der Waals surface area contributed by atoms with Crippen LogP contribution in [0, 0.1) is 5.92 Å². The van der Waals surface area contributed by atoms with Crippen molar-refractivity contribution in [2.75, 3.05) is 0 Å².